The fourth-order valence-electron chi connectivity index (χ4n) is 2.09. The molecule has 0 saturated carbocycles. The Hall–Kier alpha value is -2.57. The van der Waals surface area contributed by atoms with Crippen LogP contribution in [0.4, 0.5) is 0 Å². The van der Waals surface area contributed by atoms with Crippen molar-refractivity contribution in [3.05, 3.63) is 64.2 Å². The van der Waals surface area contributed by atoms with Crippen LogP contribution in [-0.4, -0.2) is 28.2 Å². The number of halogens is 1. The molecule has 0 heterocycles. The highest BCUT2D eigenvalue weighted by molar-refractivity contribution is 6.31. The van der Waals surface area contributed by atoms with Gasteiger partial charge in [0.1, 0.15) is 18.4 Å². The first-order valence-corrected chi connectivity index (χ1v) is 7.47. The van der Waals surface area contributed by atoms with Crippen molar-refractivity contribution in [3.63, 3.8) is 0 Å². The number of rotatable bonds is 6. The van der Waals surface area contributed by atoms with Gasteiger partial charge in [-0.05, 0) is 30.2 Å². The fraction of sp³-hybridized carbons (Fsp3) is 0.176. The lowest BCUT2D eigenvalue weighted by atomic mass is 10.00. The van der Waals surface area contributed by atoms with E-state index in [0.29, 0.717) is 16.1 Å². The second kappa shape index (κ2) is 7.81. The van der Waals surface area contributed by atoms with Crippen molar-refractivity contribution >= 4 is 23.5 Å². The molecular weight excluding hydrogens is 334 g/mol. The van der Waals surface area contributed by atoms with Crippen molar-refractivity contribution in [1.29, 1.82) is 0 Å². The predicted molar refractivity (Wildman–Crippen MR) is 88.0 cm³/mol. The third kappa shape index (κ3) is 4.47. The van der Waals surface area contributed by atoms with Crippen LogP contribution >= 0.6 is 11.6 Å². The Morgan fingerprint density at radius 1 is 1.17 bits per heavy atom. The molecule has 126 valence electrons. The number of carboxylic acids is 1. The molecule has 0 radical (unpaired) electrons. The Kier molecular flexibility index (Phi) is 5.78. The van der Waals surface area contributed by atoms with Crippen molar-refractivity contribution < 1.29 is 24.5 Å². The second-order valence-electron chi connectivity index (χ2n) is 5.16. The fourth-order valence-corrected chi connectivity index (χ4v) is 2.28. The molecule has 1 unspecified atom stereocenters. The van der Waals surface area contributed by atoms with Gasteiger partial charge in [-0.3, -0.25) is 4.79 Å². The zero-order chi connectivity index (χ0) is 17.7. The largest absolute Gasteiger partial charge is 0.508 e. The molecule has 0 spiro atoms. The van der Waals surface area contributed by atoms with E-state index in [1.165, 1.54) is 18.2 Å². The van der Waals surface area contributed by atoms with Crippen LogP contribution in [0.2, 0.25) is 5.02 Å². The van der Waals surface area contributed by atoms with Gasteiger partial charge in [0.05, 0.1) is 5.56 Å². The number of carbonyl (C=O) groups is 2. The molecule has 6 nitrogen and oxygen atoms in total. The summed E-state index contributed by atoms with van der Waals surface area (Å²) in [5.41, 5.74) is 6.59. The van der Waals surface area contributed by atoms with Crippen molar-refractivity contribution in [2.75, 3.05) is 0 Å². The van der Waals surface area contributed by atoms with Crippen LogP contribution in [0.15, 0.2) is 42.5 Å². The first kappa shape index (κ1) is 17.8. The SMILES string of the molecule is NC(Cc1ccc(O)cc1C(=O)OCc1ccccc1Cl)C(=O)O. The molecule has 0 aliphatic heterocycles. The second-order valence-corrected chi connectivity index (χ2v) is 5.57. The number of hydrogen-bond donors (Lipinski definition) is 3. The van der Waals surface area contributed by atoms with Crippen molar-refractivity contribution in [1.82, 2.24) is 0 Å². The summed E-state index contributed by atoms with van der Waals surface area (Å²) < 4.78 is 5.21. The quantitative estimate of drug-likeness (QED) is 0.690. The summed E-state index contributed by atoms with van der Waals surface area (Å²) in [6.45, 7) is -0.0431. The molecule has 2 rings (SSSR count). The standard InChI is InChI=1S/C17H16ClNO5/c18-14-4-2-1-3-11(14)9-24-17(23)13-8-12(20)6-5-10(13)7-15(19)16(21)22/h1-6,8,15,20H,7,9,19H2,(H,21,22). The van der Waals surface area contributed by atoms with Crippen molar-refractivity contribution in [3.8, 4) is 5.75 Å². The van der Waals surface area contributed by atoms with Gasteiger partial charge in [-0.2, -0.15) is 0 Å². The number of benzene rings is 2. The Bertz CT molecular complexity index is 762. The van der Waals surface area contributed by atoms with E-state index in [0.717, 1.165) is 0 Å². The maximum absolute atomic E-state index is 12.3. The lowest BCUT2D eigenvalue weighted by Crippen LogP contribution is -2.32. The summed E-state index contributed by atoms with van der Waals surface area (Å²) in [4.78, 5) is 23.2. The molecule has 2 aromatic rings. The van der Waals surface area contributed by atoms with E-state index in [9.17, 15) is 14.7 Å². The number of ether oxygens (including phenoxy) is 1. The van der Waals surface area contributed by atoms with E-state index in [-0.39, 0.29) is 24.3 Å². The lowest BCUT2D eigenvalue weighted by molar-refractivity contribution is -0.138. The molecule has 0 fully saturated rings. The normalized spacial score (nSPS) is 11.8. The third-order valence-corrected chi connectivity index (χ3v) is 3.76. The summed E-state index contributed by atoms with van der Waals surface area (Å²) in [6.07, 6.45) is -0.0634. The summed E-state index contributed by atoms with van der Waals surface area (Å²) >= 11 is 6.00. The smallest absolute Gasteiger partial charge is 0.338 e. The van der Waals surface area contributed by atoms with Gasteiger partial charge < -0.3 is 20.7 Å². The maximum atomic E-state index is 12.3. The maximum Gasteiger partial charge on any atom is 0.338 e. The highest BCUT2D eigenvalue weighted by Gasteiger charge is 2.19. The van der Waals surface area contributed by atoms with Crippen LogP contribution in [-0.2, 0) is 22.6 Å². The predicted octanol–water partition coefficient (Wildman–Crippen LogP) is 2.36. The van der Waals surface area contributed by atoms with Gasteiger partial charge in [-0.25, -0.2) is 4.79 Å². The van der Waals surface area contributed by atoms with Crippen molar-refractivity contribution in [2.45, 2.75) is 19.1 Å². The Morgan fingerprint density at radius 3 is 2.54 bits per heavy atom. The van der Waals surface area contributed by atoms with Gasteiger partial charge in [0.25, 0.3) is 0 Å². The molecule has 0 aliphatic rings. The summed E-state index contributed by atoms with van der Waals surface area (Å²) in [6, 6.07) is 9.78. The van der Waals surface area contributed by atoms with Crippen LogP contribution in [0.25, 0.3) is 0 Å². The molecule has 0 saturated heterocycles. The number of carboxylic acid groups (broad SMARTS) is 1. The highest BCUT2D eigenvalue weighted by Crippen LogP contribution is 2.21. The lowest BCUT2D eigenvalue weighted by Gasteiger charge is -2.12. The molecule has 24 heavy (non-hydrogen) atoms. The number of aromatic hydroxyl groups is 1. The number of phenolic OH excluding ortho intramolecular Hbond substituents is 1. The zero-order valence-electron chi connectivity index (χ0n) is 12.6. The van der Waals surface area contributed by atoms with E-state index in [2.05, 4.69) is 0 Å². The number of phenols is 1. The average molecular weight is 350 g/mol. The number of esters is 1. The Morgan fingerprint density at radius 2 is 1.88 bits per heavy atom. The molecule has 1 atom stereocenters. The molecular formula is C17H16ClNO5. The first-order valence-electron chi connectivity index (χ1n) is 7.09. The first-order chi connectivity index (χ1) is 11.4. The van der Waals surface area contributed by atoms with Crippen LogP contribution in [0.5, 0.6) is 5.75 Å². The minimum Gasteiger partial charge on any atom is -0.508 e. The molecule has 0 bridgehead atoms. The van der Waals surface area contributed by atoms with Crippen LogP contribution in [0.1, 0.15) is 21.5 Å². The summed E-state index contributed by atoms with van der Waals surface area (Å²) in [5, 5.41) is 19.0. The molecule has 2 aromatic carbocycles. The summed E-state index contributed by atoms with van der Waals surface area (Å²) in [5.74, 6) is -2.01. The van der Waals surface area contributed by atoms with Crippen LogP contribution in [0.3, 0.4) is 0 Å². The van der Waals surface area contributed by atoms with Gasteiger partial charge in [0.2, 0.25) is 0 Å². The van der Waals surface area contributed by atoms with E-state index in [1.807, 2.05) is 0 Å². The van der Waals surface area contributed by atoms with Gasteiger partial charge >= 0.3 is 11.9 Å². The van der Waals surface area contributed by atoms with E-state index < -0.39 is 18.0 Å². The number of nitrogens with two attached hydrogens (primary N) is 1. The minimum absolute atomic E-state index is 0.0431. The summed E-state index contributed by atoms with van der Waals surface area (Å²) in [7, 11) is 0. The topological polar surface area (TPSA) is 110 Å². The molecule has 0 amide bonds. The van der Waals surface area contributed by atoms with Crippen LogP contribution < -0.4 is 5.73 Å². The van der Waals surface area contributed by atoms with Gasteiger partial charge in [0.15, 0.2) is 0 Å². The molecule has 0 aliphatic carbocycles. The zero-order valence-corrected chi connectivity index (χ0v) is 13.4. The Labute approximate surface area is 143 Å². The molecule has 7 heteroatoms. The Balaban J connectivity index is 2.17. The average Bonchev–Trinajstić information content (AvgIpc) is 2.55. The minimum atomic E-state index is -1.18. The van der Waals surface area contributed by atoms with E-state index in [4.69, 9.17) is 27.2 Å². The number of hydrogen-bond acceptors (Lipinski definition) is 5. The molecule has 4 N–H and O–H groups in total. The number of carbonyl (C=O) groups excluding carboxylic acids is 1. The van der Waals surface area contributed by atoms with E-state index >= 15 is 0 Å². The van der Waals surface area contributed by atoms with E-state index in [1.54, 1.807) is 24.3 Å². The monoisotopic (exact) mass is 349 g/mol. The van der Waals surface area contributed by atoms with Gasteiger partial charge in [-0.1, -0.05) is 35.9 Å². The van der Waals surface area contributed by atoms with Crippen molar-refractivity contribution in [2.24, 2.45) is 5.73 Å². The highest BCUT2D eigenvalue weighted by atomic mass is 35.5. The number of aliphatic carboxylic acids is 1. The van der Waals surface area contributed by atoms with Crippen LogP contribution in [0, 0.1) is 0 Å². The third-order valence-electron chi connectivity index (χ3n) is 3.39. The van der Waals surface area contributed by atoms with Gasteiger partial charge in [0, 0.05) is 10.6 Å². The van der Waals surface area contributed by atoms with Gasteiger partial charge in [-0.15, -0.1) is 0 Å². The molecule has 0 aromatic heterocycles.